The minimum atomic E-state index is -0.538. The zero-order valence-electron chi connectivity index (χ0n) is 9.70. The molecule has 0 radical (unpaired) electrons. The van der Waals surface area contributed by atoms with Gasteiger partial charge < -0.3 is 10.1 Å². The van der Waals surface area contributed by atoms with Gasteiger partial charge in [-0.25, -0.2) is 4.79 Å². The lowest BCUT2D eigenvalue weighted by Crippen LogP contribution is -2.45. The zero-order valence-corrected chi connectivity index (χ0v) is 10.5. The van der Waals surface area contributed by atoms with Gasteiger partial charge in [-0.1, -0.05) is 13.8 Å². The van der Waals surface area contributed by atoms with Crippen molar-refractivity contribution in [1.82, 2.24) is 5.32 Å². The maximum absolute atomic E-state index is 11.4. The maximum Gasteiger partial charge on any atom is 0.328 e. The summed E-state index contributed by atoms with van der Waals surface area (Å²) in [5, 5.41) is 2.68. The van der Waals surface area contributed by atoms with E-state index >= 15 is 0 Å². The Morgan fingerprint density at radius 3 is 2.40 bits per heavy atom. The molecule has 5 heteroatoms. The molecule has 0 bridgehead atoms. The highest BCUT2D eigenvalue weighted by atomic mass is 32.2. The average molecular weight is 233 g/mol. The van der Waals surface area contributed by atoms with E-state index in [-0.39, 0.29) is 17.8 Å². The van der Waals surface area contributed by atoms with Crippen LogP contribution in [0.25, 0.3) is 0 Å². The van der Waals surface area contributed by atoms with Crippen LogP contribution in [0.5, 0.6) is 0 Å². The van der Waals surface area contributed by atoms with Gasteiger partial charge in [-0.3, -0.25) is 4.79 Å². The van der Waals surface area contributed by atoms with Crippen LogP contribution in [-0.4, -0.2) is 37.0 Å². The van der Waals surface area contributed by atoms with Crippen molar-refractivity contribution in [1.29, 1.82) is 0 Å². The SMILES string of the molecule is COC(=O)C(NC(=O)CCSC)C(C)C. The first-order chi connectivity index (χ1) is 7.02. The summed E-state index contributed by atoms with van der Waals surface area (Å²) in [6.07, 6.45) is 2.37. The number of amides is 1. The molecule has 0 spiro atoms. The Balaban J connectivity index is 4.17. The number of rotatable bonds is 6. The molecule has 0 aromatic rings. The van der Waals surface area contributed by atoms with E-state index < -0.39 is 6.04 Å². The molecule has 0 heterocycles. The Bertz CT molecular complexity index is 219. The third-order valence-electron chi connectivity index (χ3n) is 1.97. The van der Waals surface area contributed by atoms with Gasteiger partial charge in [0, 0.05) is 12.2 Å². The molecule has 0 rings (SSSR count). The van der Waals surface area contributed by atoms with E-state index in [1.807, 2.05) is 20.1 Å². The Kier molecular flexibility index (Phi) is 7.21. The maximum atomic E-state index is 11.4. The number of carbonyl (C=O) groups is 2. The summed E-state index contributed by atoms with van der Waals surface area (Å²) in [5.74, 6) is 0.310. The highest BCUT2D eigenvalue weighted by Crippen LogP contribution is 2.04. The third-order valence-corrected chi connectivity index (χ3v) is 2.58. The third kappa shape index (κ3) is 5.67. The number of hydrogen-bond donors (Lipinski definition) is 1. The van der Waals surface area contributed by atoms with Gasteiger partial charge in [0.2, 0.25) is 5.91 Å². The molecule has 1 atom stereocenters. The van der Waals surface area contributed by atoms with Crippen LogP contribution in [0.2, 0.25) is 0 Å². The summed E-state index contributed by atoms with van der Waals surface area (Å²) in [5.41, 5.74) is 0. The molecule has 1 amide bonds. The number of hydrogen-bond acceptors (Lipinski definition) is 4. The lowest BCUT2D eigenvalue weighted by atomic mass is 10.0. The van der Waals surface area contributed by atoms with E-state index in [0.717, 1.165) is 5.75 Å². The van der Waals surface area contributed by atoms with E-state index in [9.17, 15) is 9.59 Å². The second kappa shape index (κ2) is 7.56. The second-order valence-electron chi connectivity index (χ2n) is 3.56. The minimum Gasteiger partial charge on any atom is -0.467 e. The molecular weight excluding hydrogens is 214 g/mol. The fourth-order valence-corrected chi connectivity index (χ4v) is 1.45. The monoisotopic (exact) mass is 233 g/mol. The lowest BCUT2D eigenvalue weighted by molar-refractivity contribution is -0.146. The number of ether oxygens (including phenoxy) is 1. The van der Waals surface area contributed by atoms with E-state index in [2.05, 4.69) is 10.1 Å². The summed E-state index contributed by atoms with van der Waals surface area (Å²) in [7, 11) is 1.33. The largest absolute Gasteiger partial charge is 0.467 e. The van der Waals surface area contributed by atoms with Crippen molar-refractivity contribution in [3.05, 3.63) is 0 Å². The van der Waals surface area contributed by atoms with Gasteiger partial charge in [0.25, 0.3) is 0 Å². The molecule has 88 valence electrons. The van der Waals surface area contributed by atoms with Gasteiger partial charge in [-0.2, -0.15) is 11.8 Å². The fraction of sp³-hybridized carbons (Fsp3) is 0.800. The molecule has 0 fully saturated rings. The van der Waals surface area contributed by atoms with Crippen LogP contribution in [0.1, 0.15) is 20.3 Å². The number of nitrogens with one attached hydrogen (secondary N) is 1. The minimum absolute atomic E-state index is 0.0377. The Hall–Kier alpha value is -0.710. The van der Waals surface area contributed by atoms with Crippen molar-refractivity contribution < 1.29 is 14.3 Å². The highest BCUT2D eigenvalue weighted by Gasteiger charge is 2.24. The van der Waals surface area contributed by atoms with Crippen LogP contribution in [-0.2, 0) is 14.3 Å². The smallest absolute Gasteiger partial charge is 0.328 e. The van der Waals surface area contributed by atoms with Crippen LogP contribution in [0.4, 0.5) is 0 Å². The van der Waals surface area contributed by atoms with E-state index in [1.165, 1.54) is 7.11 Å². The van der Waals surface area contributed by atoms with Gasteiger partial charge in [-0.05, 0) is 12.2 Å². The van der Waals surface area contributed by atoms with Gasteiger partial charge in [0.1, 0.15) is 6.04 Å². The second-order valence-corrected chi connectivity index (χ2v) is 4.54. The Morgan fingerprint density at radius 1 is 1.40 bits per heavy atom. The molecule has 0 saturated heterocycles. The molecule has 0 aromatic heterocycles. The van der Waals surface area contributed by atoms with Crippen LogP contribution >= 0.6 is 11.8 Å². The van der Waals surface area contributed by atoms with E-state index in [1.54, 1.807) is 11.8 Å². The van der Waals surface area contributed by atoms with Crippen molar-refractivity contribution in [2.24, 2.45) is 5.92 Å². The normalized spacial score (nSPS) is 12.3. The summed E-state index contributed by atoms with van der Waals surface area (Å²) in [6, 6.07) is -0.538. The number of carbonyl (C=O) groups excluding carboxylic acids is 2. The topological polar surface area (TPSA) is 55.4 Å². The molecular formula is C10H19NO3S. The molecule has 0 aliphatic rings. The van der Waals surface area contributed by atoms with Crippen molar-refractivity contribution >= 4 is 23.6 Å². The van der Waals surface area contributed by atoms with Gasteiger partial charge >= 0.3 is 5.97 Å². The van der Waals surface area contributed by atoms with Crippen LogP contribution in [0, 0.1) is 5.92 Å². The number of esters is 1. The average Bonchev–Trinajstić information content (AvgIpc) is 2.21. The molecule has 1 unspecified atom stereocenters. The van der Waals surface area contributed by atoms with Crippen molar-refractivity contribution in [3.63, 3.8) is 0 Å². The first-order valence-corrected chi connectivity index (χ1v) is 6.28. The zero-order chi connectivity index (χ0) is 11.8. The molecule has 1 N–H and O–H groups in total. The quantitative estimate of drug-likeness (QED) is 0.697. The van der Waals surface area contributed by atoms with Crippen LogP contribution < -0.4 is 5.32 Å². The van der Waals surface area contributed by atoms with Gasteiger partial charge in [-0.15, -0.1) is 0 Å². The summed E-state index contributed by atoms with van der Waals surface area (Å²) in [6.45, 7) is 3.74. The van der Waals surface area contributed by atoms with Crippen LogP contribution in [0.3, 0.4) is 0 Å². The molecule has 0 aliphatic carbocycles. The summed E-state index contributed by atoms with van der Waals surface area (Å²) < 4.78 is 4.62. The standard InChI is InChI=1S/C10H19NO3S/c1-7(2)9(10(13)14-3)11-8(12)5-6-15-4/h7,9H,5-6H2,1-4H3,(H,11,12). The lowest BCUT2D eigenvalue weighted by Gasteiger charge is -2.19. The van der Waals surface area contributed by atoms with Gasteiger partial charge in [0.15, 0.2) is 0 Å². The molecule has 0 aromatic carbocycles. The molecule has 0 saturated carbocycles. The Labute approximate surface area is 95.1 Å². The fourth-order valence-electron chi connectivity index (χ4n) is 1.07. The summed E-state index contributed by atoms with van der Waals surface area (Å²) >= 11 is 1.60. The molecule has 15 heavy (non-hydrogen) atoms. The first kappa shape index (κ1) is 14.3. The van der Waals surface area contributed by atoms with E-state index in [0.29, 0.717) is 6.42 Å². The predicted molar refractivity (Wildman–Crippen MR) is 61.8 cm³/mol. The first-order valence-electron chi connectivity index (χ1n) is 4.89. The number of methoxy groups -OCH3 is 1. The van der Waals surface area contributed by atoms with Gasteiger partial charge in [0.05, 0.1) is 7.11 Å². The number of thioether (sulfide) groups is 1. The molecule has 4 nitrogen and oxygen atoms in total. The molecule has 0 aliphatic heterocycles. The summed E-state index contributed by atoms with van der Waals surface area (Å²) in [4.78, 5) is 22.7. The van der Waals surface area contributed by atoms with E-state index in [4.69, 9.17) is 0 Å². The van der Waals surface area contributed by atoms with Crippen molar-refractivity contribution in [3.8, 4) is 0 Å². The van der Waals surface area contributed by atoms with Crippen molar-refractivity contribution in [2.75, 3.05) is 19.1 Å². The van der Waals surface area contributed by atoms with Crippen LogP contribution in [0.15, 0.2) is 0 Å². The highest BCUT2D eigenvalue weighted by molar-refractivity contribution is 7.98. The van der Waals surface area contributed by atoms with Crippen molar-refractivity contribution in [2.45, 2.75) is 26.3 Å². The Morgan fingerprint density at radius 2 is 2.00 bits per heavy atom. The predicted octanol–water partition coefficient (Wildman–Crippen LogP) is 1.05.